The molecule has 13 nitrogen and oxygen atoms in total. The molecule has 0 radical (unpaired) electrons. The van der Waals surface area contributed by atoms with Crippen molar-refractivity contribution < 1.29 is 35.9 Å². The number of carbonyl (C=O) groups is 2. The van der Waals surface area contributed by atoms with Gasteiger partial charge in [0.15, 0.2) is 10.8 Å². The van der Waals surface area contributed by atoms with E-state index >= 15 is 0 Å². The normalized spacial score (nSPS) is 21.0. The number of ether oxygens (including phenoxy) is 1. The van der Waals surface area contributed by atoms with Gasteiger partial charge in [0.1, 0.15) is 11.6 Å². The van der Waals surface area contributed by atoms with Crippen LogP contribution < -0.4 is 20.3 Å². The molecule has 5 heterocycles. The maximum Gasteiger partial charge on any atom is 0.394 e. The van der Waals surface area contributed by atoms with E-state index in [0.717, 1.165) is 12.8 Å². The van der Waals surface area contributed by atoms with Gasteiger partial charge in [0.05, 0.1) is 24.1 Å². The molecule has 0 spiro atoms. The third-order valence-electron chi connectivity index (χ3n) is 9.90. The maximum absolute atomic E-state index is 14.4. The summed E-state index contributed by atoms with van der Waals surface area (Å²) in [6.07, 6.45) is 3.40. The van der Waals surface area contributed by atoms with Gasteiger partial charge in [0.25, 0.3) is 15.9 Å². The third kappa shape index (κ3) is 7.36. The minimum atomic E-state index is -4.55. The average molecular weight is 743 g/mol. The lowest BCUT2D eigenvalue weighted by Crippen LogP contribution is -2.42. The molecule has 0 aromatic carbocycles. The molecule has 0 unspecified atom stereocenters. The van der Waals surface area contributed by atoms with E-state index in [9.17, 15) is 31.2 Å². The largest absolute Gasteiger partial charge is 0.477 e. The Morgan fingerprint density at radius 2 is 1.90 bits per heavy atom. The fourth-order valence-corrected chi connectivity index (χ4v) is 8.23. The molecule has 17 heteroatoms. The highest BCUT2D eigenvalue weighted by molar-refractivity contribution is 7.89. The van der Waals surface area contributed by atoms with Gasteiger partial charge in [-0.05, 0) is 82.6 Å². The number of rotatable bonds is 9. The van der Waals surface area contributed by atoms with Gasteiger partial charge < -0.3 is 20.3 Å². The first kappa shape index (κ1) is 36.8. The van der Waals surface area contributed by atoms with E-state index in [-0.39, 0.29) is 72.3 Å². The van der Waals surface area contributed by atoms with Crippen LogP contribution in [0.25, 0.3) is 5.82 Å². The minimum absolute atomic E-state index is 0.0328. The minimum Gasteiger partial charge on any atom is -0.477 e. The summed E-state index contributed by atoms with van der Waals surface area (Å²) in [5.74, 6) is -0.437. The molecule has 1 saturated carbocycles. The van der Waals surface area contributed by atoms with E-state index in [2.05, 4.69) is 16.7 Å². The van der Waals surface area contributed by atoms with Crippen LogP contribution in [0, 0.1) is 11.3 Å². The number of anilines is 2. The van der Waals surface area contributed by atoms with E-state index in [1.807, 2.05) is 18.7 Å². The molecule has 1 aliphatic carbocycles. The topological polar surface area (TPSA) is 157 Å². The molecule has 3 aromatic heterocycles. The molecule has 2 amide bonds. The Hall–Kier alpha value is -4.93. The van der Waals surface area contributed by atoms with Crippen LogP contribution in [-0.4, -0.2) is 82.2 Å². The van der Waals surface area contributed by atoms with Crippen LogP contribution in [0.15, 0.2) is 72.6 Å². The second-order valence-corrected chi connectivity index (χ2v) is 15.8. The predicted octanol–water partition coefficient (Wildman–Crippen LogP) is 4.99. The summed E-state index contributed by atoms with van der Waals surface area (Å²) in [5.41, 5.74) is 3.20. The fourth-order valence-electron chi connectivity index (χ4n) is 6.92. The highest BCUT2D eigenvalue weighted by atomic mass is 32.2. The number of fused-ring (bicyclic) bond motifs is 6. The molecule has 2 N–H and O–H groups in total. The van der Waals surface area contributed by atoms with Gasteiger partial charge >= 0.3 is 6.18 Å². The molecule has 4 bridgehead atoms. The quantitative estimate of drug-likeness (QED) is 0.234. The number of primary amides is 1. The second-order valence-electron chi connectivity index (χ2n) is 14.0. The maximum atomic E-state index is 14.4. The lowest BCUT2D eigenvalue weighted by molar-refractivity contribution is -0.190. The number of alkyl halides is 3. The van der Waals surface area contributed by atoms with Crippen LogP contribution in [-0.2, 0) is 14.8 Å². The number of hydrogen-bond acceptors (Lipinski definition) is 10. The van der Waals surface area contributed by atoms with Crippen LogP contribution in [0.1, 0.15) is 62.7 Å². The molecular weight excluding hydrogens is 701 g/mol. The van der Waals surface area contributed by atoms with Crippen molar-refractivity contribution >= 4 is 33.5 Å². The first-order chi connectivity index (χ1) is 24.5. The predicted molar refractivity (Wildman–Crippen MR) is 186 cm³/mol. The number of hydrogen-bond donors (Lipinski definition) is 1. The fraction of sp³-hybridized carbons (Fsp3) is 0.457. The van der Waals surface area contributed by atoms with Gasteiger partial charge in [-0.1, -0.05) is 12.1 Å². The van der Waals surface area contributed by atoms with Crippen LogP contribution in [0.3, 0.4) is 0 Å². The summed E-state index contributed by atoms with van der Waals surface area (Å²) in [6, 6.07) is 8.95. The van der Waals surface area contributed by atoms with Crippen molar-refractivity contribution in [3.63, 3.8) is 0 Å². The summed E-state index contributed by atoms with van der Waals surface area (Å²) in [5, 5.41) is 4.00. The smallest absolute Gasteiger partial charge is 0.394 e. The third-order valence-corrected chi connectivity index (χ3v) is 11.6. The van der Waals surface area contributed by atoms with Gasteiger partial charge in [0, 0.05) is 43.2 Å². The highest BCUT2D eigenvalue weighted by Gasteiger charge is 2.62. The van der Waals surface area contributed by atoms with Crippen molar-refractivity contribution in [1.82, 2.24) is 24.1 Å². The number of nitrogens with zero attached hydrogens (tertiary/aromatic N) is 7. The summed E-state index contributed by atoms with van der Waals surface area (Å²) in [6.45, 7) is 8.15. The van der Waals surface area contributed by atoms with Crippen LogP contribution >= 0.6 is 0 Å². The van der Waals surface area contributed by atoms with Gasteiger partial charge in [-0.25, -0.2) is 19.0 Å². The number of nitrogens with two attached hydrogens (primary N) is 1. The number of sulfonamides is 1. The first-order valence-corrected chi connectivity index (χ1v) is 18.4. The van der Waals surface area contributed by atoms with E-state index in [1.165, 1.54) is 53.4 Å². The van der Waals surface area contributed by atoms with Crippen LogP contribution in [0.4, 0.5) is 24.8 Å². The zero-order valence-electron chi connectivity index (χ0n) is 28.9. The van der Waals surface area contributed by atoms with Crippen molar-refractivity contribution in [2.75, 3.05) is 36.0 Å². The van der Waals surface area contributed by atoms with E-state index in [0.29, 0.717) is 23.8 Å². The molecule has 2 fully saturated rings. The molecule has 3 aromatic rings. The van der Waals surface area contributed by atoms with Crippen molar-refractivity contribution in [2.24, 2.45) is 17.1 Å². The van der Waals surface area contributed by atoms with E-state index < -0.39 is 39.0 Å². The molecule has 1 atom stereocenters. The average Bonchev–Trinajstić information content (AvgIpc) is 3.64. The Morgan fingerprint density at radius 3 is 2.60 bits per heavy atom. The Labute approximate surface area is 300 Å². The van der Waals surface area contributed by atoms with E-state index in [1.54, 1.807) is 17.2 Å². The molecule has 3 aliphatic rings. The number of carbonyl (C=O) groups excluding carboxylic acids is 2. The molecular formula is C35H41F3N8O5S. The first-order valence-electron chi connectivity index (χ1n) is 17.0. The van der Waals surface area contributed by atoms with Gasteiger partial charge in [0.2, 0.25) is 11.8 Å². The number of amides is 2. The summed E-state index contributed by atoms with van der Waals surface area (Å²) < 4.78 is 76.2. The summed E-state index contributed by atoms with van der Waals surface area (Å²) >= 11 is 0. The van der Waals surface area contributed by atoms with Gasteiger partial charge in [-0.2, -0.15) is 21.6 Å². The monoisotopic (exact) mass is 742 g/mol. The Kier molecular flexibility index (Phi) is 9.85. The highest BCUT2D eigenvalue weighted by Crippen LogP contribution is 2.59. The molecule has 2 aliphatic heterocycles. The Bertz CT molecular complexity index is 1990. The Morgan fingerprint density at radius 1 is 1.13 bits per heavy atom. The molecule has 278 valence electrons. The van der Waals surface area contributed by atoms with Crippen molar-refractivity contribution in [3.8, 4) is 11.7 Å². The lowest BCUT2D eigenvalue weighted by atomic mass is 9.93. The van der Waals surface area contributed by atoms with Crippen LogP contribution in [0.5, 0.6) is 5.88 Å². The Balaban J connectivity index is 1.38. The van der Waals surface area contributed by atoms with Crippen molar-refractivity contribution in [2.45, 2.75) is 69.1 Å². The number of pyridine rings is 2. The molecule has 6 rings (SSSR count). The summed E-state index contributed by atoms with van der Waals surface area (Å²) in [4.78, 5) is 39.0. The van der Waals surface area contributed by atoms with Crippen molar-refractivity contribution in [3.05, 3.63) is 73.1 Å². The standard InChI is InChI=1S/C35H41F3N8O5S/c1-4-17-46-32(48)25-10-11-28(45-20-13-29(42-45)51-21-16-34(14-15-34)35(36,37)38)41-31(25)44-23-24(22-33(44,2)3)7-6-18-43(19-12-26(39)47)27-8-5-9-30(40-27)52(46,49)50/h4-5,8-13,19-20,24H,1,6-7,14-18,21-23H2,2-3H3,(H2,39,47)/t24-/m0/s1. The zero-order chi connectivity index (χ0) is 37.5. The molecule has 52 heavy (non-hydrogen) atoms. The van der Waals surface area contributed by atoms with Crippen LogP contribution in [0.2, 0.25) is 0 Å². The SMILES string of the molecule is C=CCN1C(=O)c2ccc(-n3ccc(OCCC4(C(F)(F)F)CC4)n3)nc2N2C[C@@H](CCCN(C=CC(N)=O)c3cccc(n3)S1(=O)=O)CC2(C)C. The molecule has 1 saturated heterocycles. The number of aromatic nitrogens is 4. The van der Waals surface area contributed by atoms with Crippen molar-refractivity contribution in [1.29, 1.82) is 0 Å². The lowest BCUT2D eigenvalue weighted by Gasteiger charge is -2.34. The second kappa shape index (κ2) is 13.9. The number of halogens is 3. The summed E-state index contributed by atoms with van der Waals surface area (Å²) in [7, 11) is -4.55. The van der Waals surface area contributed by atoms with E-state index in [4.69, 9.17) is 15.5 Å². The zero-order valence-corrected chi connectivity index (χ0v) is 29.7. The van der Waals surface area contributed by atoms with Gasteiger partial charge in [-0.3, -0.25) is 9.59 Å². The van der Waals surface area contributed by atoms with Gasteiger partial charge in [-0.15, -0.1) is 11.7 Å².